The van der Waals surface area contributed by atoms with Crippen molar-refractivity contribution < 1.29 is 9.47 Å². The van der Waals surface area contributed by atoms with E-state index in [2.05, 4.69) is 32.7 Å². The zero-order valence-corrected chi connectivity index (χ0v) is 23.1. The molecule has 1 aromatic carbocycles. The molecule has 35 heavy (non-hydrogen) atoms. The lowest BCUT2D eigenvalue weighted by molar-refractivity contribution is -0.105. The smallest absolute Gasteiger partial charge is 0.0725 e. The molecule has 3 aliphatic heterocycles. The van der Waals surface area contributed by atoms with E-state index >= 15 is 0 Å². The quantitative estimate of drug-likeness (QED) is 0.381. The molecule has 1 unspecified atom stereocenters. The summed E-state index contributed by atoms with van der Waals surface area (Å²) in [6, 6.07) is 8.21. The summed E-state index contributed by atoms with van der Waals surface area (Å²) in [6.45, 7) is 8.38. The molecule has 2 atom stereocenters. The molecule has 2 aromatic rings. The van der Waals surface area contributed by atoms with Crippen molar-refractivity contribution in [3.8, 4) is 0 Å². The van der Waals surface area contributed by atoms with Crippen LogP contribution < -0.4 is 0 Å². The highest BCUT2D eigenvalue weighted by Crippen LogP contribution is 2.38. The van der Waals surface area contributed by atoms with Crippen molar-refractivity contribution in [2.24, 2.45) is 11.8 Å². The first-order chi connectivity index (χ1) is 17.0. The van der Waals surface area contributed by atoms with Crippen LogP contribution >= 0.6 is 34.5 Å². The molecular weight excluding hydrogens is 499 g/mol. The standard InChI is InChI=1S/C28H38Cl2N2O2S/c1-33-28(7-11-34-12-8-28)15-21-4-9-31(10-5-21)17-24-18-32(19-26(24)23-6-13-35-20-23)16-22-2-3-25(29)14-27(22)30/h2-3,6,13-14,20-21,24,26H,4-5,7-12,15-19H2,1H3/t24?,26-/m1/s1. The molecule has 7 heteroatoms. The van der Waals surface area contributed by atoms with Crippen molar-refractivity contribution in [1.29, 1.82) is 0 Å². The predicted octanol–water partition coefficient (Wildman–Crippen LogP) is 6.57. The number of likely N-dealkylation sites (tertiary alicyclic amines) is 2. The number of rotatable bonds is 8. The molecule has 5 rings (SSSR count). The Balaban J connectivity index is 1.18. The van der Waals surface area contributed by atoms with Crippen LogP contribution in [0.3, 0.4) is 0 Å². The Morgan fingerprint density at radius 2 is 1.89 bits per heavy atom. The van der Waals surface area contributed by atoms with Crippen LogP contribution in [0.5, 0.6) is 0 Å². The Labute approximate surface area is 224 Å². The lowest BCUT2D eigenvalue weighted by Crippen LogP contribution is -2.43. The van der Waals surface area contributed by atoms with E-state index in [1.165, 1.54) is 50.0 Å². The van der Waals surface area contributed by atoms with Crippen LogP contribution in [0.25, 0.3) is 0 Å². The van der Waals surface area contributed by atoms with Gasteiger partial charge in [0.1, 0.15) is 0 Å². The SMILES string of the molecule is COC1(CC2CCN(CC3CN(Cc4ccc(Cl)cc4Cl)C[C@@H]3c3ccsc3)CC2)CCOCC1. The van der Waals surface area contributed by atoms with Gasteiger partial charge in [0, 0.05) is 62.5 Å². The van der Waals surface area contributed by atoms with Gasteiger partial charge in [0.15, 0.2) is 0 Å². The average molecular weight is 538 g/mol. The second kappa shape index (κ2) is 11.8. The lowest BCUT2D eigenvalue weighted by Gasteiger charge is -2.41. The third kappa shape index (κ3) is 6.43. The minimum absolute atomic E-state index is 0.0457. The van der Waals surface area contributed by atoms with Crippen LogP contribution in [0.2, 0.25) is 10.0 Å². The van der Waals surface area contributed by atoms with Crippen molar-refractivity contribution in [3.05, 3.63) is 56.2 Å². The van der Waals surface area contributed by atoms with Gasteiger partial charge in [-0.1, -0.05) is 29.3 Å². The van der Waals surface area contributed by atoms with Crippen LogP contribution in [0.15, 0.2) is 35.0 Å². The number of benzene rings is 1. The molecule has 3 saturated heterocycles. The fourth-order valence-corrected chi connectivity index (χ4v) is 7.69. The fourth-order valence-electron chi connectivity index (χ4n) is 6.49. The largest absolute Gasteiger partial charge is 0.381 e. The molecule has 0 aliphatic carbocycles. The summed E-state index contributed by atoms with van der Waals surface area (Å²) in [5.41, 5.74) is 2.72. The first-order valence-corrected chi connectivity index (χ1v) is 14.8. The number of thiophene rings is 1. The summed E-state index contributed by atoms with van der Waals surface area (Å²) in [6.07, 6.45) is 5.85. The molecule has 0 bridgehead atoms. The minimum Gasteiger partial charge on any atom is -0.381 e. The first-order valence-electron chi connectivity index (χ1n) is 13.1. The van der Waals surface area contributed by atoms with E-state index in [0.717, 1.165) is 56.6 Å². The van der Waals surface area contributed by atoms with Crippen LogP contribution in [0, 0.1) is 11.8 Å². The van der Waals surface area contributed by atoms with Gasteiger partial charge in [-0.05, 0) is 97.1 Å². The summed E-state index contributed by atoms with van der Waals surface area (Å²) >= 11 is 14.4. The second-order valence-electron chi connectivity index (χ2n) is 10.8. The van der Waals surface area contributed by atoms with Crippen LogP contribution in [0.1, 0.15) is 49.1 Å². The van der Waals surface area contributed by atoms with Crippen molar-refractivity contribution in [2.75, 3.05) is 53.0 Å². The molecular formula is C28H38Cl2N2O2S. The third-order valence-electron chi connectivity index (χ3n) is 8.59. The maximum atomic E-state index is 6.51. The summed E-state index contributed by atoms with van der Waals surface area (Å²) in [5.74, 6) is 2.00. The molecule has 3 aliphatic rings. The predicted molar refractivity (Wildman–Crippen MR) is 146 cm³/mol. The Morgan fingerprint density at radius 1 is 1.09 bits per heavy atom. The van der Waals surface area contributed by atoms with Crippen LogP contribution in [0.4, 0.5) is 0 Å². The topological polar surface area (TPSA) is 24.9 Å². The molecule has 1 aromatic heterocycles. The molecule has 192 valence electrons. The number of nitrogens with zero attached hydrogens (tertiary/aromatic N) is 2. The molecule has 0 N–H and O–H groups in total. The van der Waals surface area contributed by atoms with Crippen molar-refractivity contribution in [2.45, 2.75) is 50.2 Å². The molecule has 4 nitrogen and oxygen atoms in total. The highest BCUT2D eigenvalue weighted by Gasteiger charge is 2.38. The van der Waals surface area contributed by atoms with E-state index in [9.17, 15) is 0 Å². The van der Waals surface area contributed by atoms with Gasteiger partial charge in [-0.3, -0.25) is 4.90 Å². The van der Waals surface area contributed by atoms with Crippen LogP contribution in [-0.2, 0) is 16.0 Å². The Bertz CT molecular complexity index is 942. The van der Waals surface area contributed by atoms with Gasteiger partial charge >= 0.3 is 0 Å². The number of hydrogen-bond acceptors (Lipinski definition) is 5. The maximum Gasteiger partial charge on any atom is 0.0725 e. The van der Waals surface area contributed by atoms with Gasteiger partial charge in [0.05, 0.1) is 5.60 Å². The summed E-state index contributed by atoms with van der Waals surface area (Å²) in [4.78, 5) is 5.31. The van der Waals surface area contributed by atoms with Crippen molar-refractivity contribution >= 4 is 34.5 Å². The summed E-state index contributed by atoms with van der Waals surface area (Å²) in [7, 11) is 1.90. The molecule has 0 amide bonds. The highest BCUT2D eigenvalue weighted by molar-refractivity contribution is 7.08. The van der Waals surface area contributed by atoms with Gasteiger partial charge in [-0.15, -0.1) is 0 Å². The van der Waals surface area contributed by atoms with Crippen LogP contribution in [-0.4, -0.2) is 68.4 Å². The van der Waals surface area contributed by atoms with Gasteiger partial charge in [0.2, 0.25) is 0 Å². The first kappa shape index (κ1) is 26.0. The van der Waals surface area contributed by atoms with Crippen molar-refractivity contribution in [1.82, 2.24) is 9.80 Å². The zero-order chi connectivity index (χ0) is 24.3. The van der Waals surface area contributed by atoms with Gasteiger partial charge in [-0.25, -0.2) is 0 Å². The maximum absolute atomic E-state index is 6.51. The normalized spacial score (nSPS) is 26.4. The minimum atomic E-state index is 0.0457. The van der Waals surface area contributed by atoms with E-state index < -0.39 is 0 Å². The monoisotopic (exact) mass is 536 g/mol. The highest BCUT2D eigenvalue weighted by atomic mass is 35.5. The van der Waals surface area contributed by atoms with E-state index in [1.807, 2.05) is 30.6 Å². The van der Waals surface area contributed by atoms with Crippen molar-refractivity contribution in [3.63, 3.8) is 0 Å². The third-order valence-corrected chi connectivity index (χ3v) is 9.88. The second-order valence-corrected chi connectivity index (χ2v) is 12.4. The number of ether oxygens (including phenoxy) is 2. The number of piperidine rings is 1. The number of hydrogen-bond donors (Lipinski definition) is 0. The fraction of sp³-hybridized carbons (Fsp3) is 0.643. The molecule has 0 spiro atoms. The number of halogens is 2. The molecule has 3 fully saturated rings. The average Bonchev–Trinajstić information content (AvgIpc) is 3.53. The summed E-state index contributed by atoms with van der Waals surface area (Å²) in [5, 5.41) is 6.04. The van der Waals surface area contributed by atoms with E-state index in [-0.39, 0.29) is 5.60 Å². The Hall–Kier alpha value is -0.660. The van der Waals surface area contributed by atoms with Gasteiger partial charge < -0.3 is 14.4 Å². The van der Waals surface area contributed by atoms with Gasteiger partial charge in [-0.2, -0.15) is 11.3 Å². The Kier molecular flexibility index (Phi) is 8.76. The van der Waals surface area contributed by atoms with E-state index in [1.54, 1.807) is 0 Å². The molecule has 0 radical (unpaired) electrons. The van der Waals surface area contributed by atoms with E-state index in [0.29, 0.717) is 16.9 Å². The number of methoxy groups -OCH3 is 1. The van der Waals surface area contributed by atoms with Gasteiger partial charge in [0.25, 0.3) is 0 Å². The summed E-state index contributed by atoms with van der Waals surface area (Å²) < 4.78 is 11.6. The van der Waals surface area contributed by atoms with E-state index in [4.69, 9.17) is 32.7 Å². The molecule has 0 saturated carbocycles. The zero-order valence-electron chi connectivity index (χ0n) is 20.8. The lowest BCUT2D eigenvalue weighted by atomic mass is 9.80. The molecule has 4 heterocycles. The Morgan fingerprint density at radius 3 is 2.57 bits per heavy atom.